The maximum Gasteiger partial charge on any atom is 0.251 e. The summed E-state index contributed by atoms with van der Waals surface area (Å²) in [6, 6.07) is 6.02. The summed E-state index contributed by atoms with van der Waals surface area (Å²) in [5.41, 5.74) is 5.88. The first-order valence-corrected chi connectivity index (χ1v) is 8.46. The van der Waals surface area contributed by atoms with Gasteiger partial charge in [0.05, 0.1) is 4.90 Å². The Kier molecular flexibility index (Phi) is 5.71. The van der Waals surface area contributed by atoms with Crippen LogP contribution in [0.25, 0.3) is 0 Å². The summed E-state index contributed by atoms with van der Waals surface area (Å²) in [4.78, 5) is 12.3. The lowest BCUT2D eigenvalue weighted by Gasteiger charge is -2.21. The van der Waals surface area contributed by atoms with Crippen molar-refractivity contribution in [3.05, 3.63) is 29.8 Å². The van der Waals surface area contributed by atoms with Crippen LogP contribution in [0.1, 0.15) is 30.6 Å². The Morgan fingerprint density at radius 2 is 2.00 bits per heavy atom. The first-order chi connectivity index (χ1) is 9.25. The lowest BCUT2D eigenvalue weighted by atomic mass is 10.0. The van der Waals surface area contributed by atoms with Crippen LogP contribution in [0.3, 0.4) is 0 Å². The van der Waals surface area contributed by atoms with Crippen LogP contribution in [0.4, 0.5) is 0 Å². The summed E-state index contributed by atoms with van der Waals surface area (Å²) in [6.07, 6.45) is 1.81. The zero-order valence-corrected chi connectivity index (χ0v) is 12.9. The van der Waals surface area contributed by atoms with Crippen LogP contribution in [0.2, 0.25) is 0 Å². The standard InChI is InChI=1S/C14H22N2O3S/c1-10(2)13(7-8-15)16-14(17)11-5-4-6-12(9-11)20(3,18)19/h4-6,9-10,13H,7-8,15H2,1-3H3,(H,16,17). The topological polar surface area (TPSA) is 89.3 Å². The SMILES string of the molecule is CC(C)C(CCN)NC(=O)c1cccc(S(C)(=O)=O)c1. The highest BCUT2D eigenvalue weighted by atomic mass is 32.2. The molecule has 112 valence electrons. The number of carbonyl (C=O) groups is 1. The number of rotatable bonds is 6. The second-order valence-corrected chi connectivity index (χ2v) is 7.22. The molecule has 1 amide bonds. The van der Waals surface area contributed by atoms with Gasteiger partial charge in [0.1, 0.15) is 0 Å². The van der Waals surface area contributed by atoms with E-state index in [9.17, 15) is 13.2 Å². The molecule has 0 heterocycles. The summed E-state index contributed by atoms with van der Waals surface area (Å²) in [6.45, 7) is 4.51. The summed E-state index contributed by atoms with van der Waals surface area (Å²) in [5.74, 6) is -0.0109. The predicted molar refractivity (Wildman–Crippen MR) is 79.3 cm³/mol. The summed E-state index contributed by atoms with van der Waals surface area (Å²) >= 11 is 0. The van der Waals surface area contributed by atoms with Gasteiger partial charge in [-0.05, 0) is 37.1 Å². The van der Waals surface area contributed by atoms with Gasteiger partial charge in [-0.25, -0.2) is 8.42 Å². The fourth-order valence-electron chi connectivity index (χ4n) is 1.87. The van der Waals surface area contributed by atoms with Crippen molar-refractivity contribution in [2.45, 2.75) is 31.2 Å². The van der Waals surface area contributed by atoms with E-state index in [0.717, 1.165) is 6.26 Å². The third-order valence-corrected chi connectivity index (χ3v) is 4.23. The second-order valence-electron chi connectivity index (χ2n) is 5.20. The van der Waals surface area contributed by atoms with Crippen molar-refractivity contribution < 1.29 is 13.2 Å². The number of nitrogens with one attached hydrogen (secondary N) is 1. The van der Waals surface area contributed by atoms with E-state index in [4.69, 9.17) is 5.73 Å². The highest BCUT2D eigenvalue weighted by Gasteiger charge is 2.17. The van der Waals surface area contributed by atoms with Crippen molar-refractivity contribution in [1.82, 2.24) is 5.32 Å². The van der Waals surface area contributed by atoms with Crippen LogP contribution in [0.5, 0.6) is 0 Å². The third kappa shape index (κ3) is 4.61. The van der Waals surface area contributed by atoms with E-state index in [0.29, 0.717) is 18.5 Å². The Balaban J connectivity index is 2.92. The average molecular weight is 298 g/mol. The molecule has 6 heteroatoms. The highest BCUT2D eigenvalue weighted by molar-refractivity contribution is 7.90. The van der Waals surface area contributed by atoms with Gasteiger partial charge in [-0.1, -0.05) is 19.9 Å². The molecular formula is C14H22N2O3S. The number of amides is 1. The van der Waals surface area contributed by atoms with E-state index in [1.807, 2.05) is 13.8 Å². The van der Waals surface area contributed by atoms with Gasteiger partial charge in [0, 0.05) is 17.9 Å². The monoisotopic (exact) mass is 298 g/mol. The van der Waals surface area contributed by atoms with Gasteiger partial charge in [0.25, 0.3) is 5.91 Å². The van der Waals surface area contributed by atoms with E-state index >= 15 is 0 Å². The van der Waals surface area contributed by atoms with E-state index in [2.05, 4.69) is 5.32 Å². The van der Waals surface area contributed by atoms with Crippen LogP contribution in [-0.4, -0.2) is 33.2 Å². The Morgan fingerprint density at radius 3 is 2.50 bits per heavy atom. The summed E-state index contributed by atoms with van der Waals surface area (Å²) in [7, 11) is -3.31. The molecule has 1 aromatic carbocycles. The Morgan fingerprint density at radius 1 is 1.35 bits per heavy atom. The number of benzene rings is 1. The molecule has 3 N–H and O–H groups in total. The average Bonchev–Trinajstić information content (AvgIpc) is 2.37. The predicted octanol–water partition coefficient (Wildman–Crippen LogP) is 1.19. The Hall–Kier alpha value is -1.40. The fraction of sp³-hybridized carbons (Fsp3) is 0.500. The quantitative estimate of drug-likeness (QED) is 0.825. The van der Waals surface area contributed by atoms with Crippen LogP contribution >= 0.6 is 0 Å². The third-order valence-electron chi connectivity index (χ3n) is 3.12. The molecule has 0 radical (unpaired) electrons. The molecule has 0 saturated carbocycles. The minimum atomic E-state index is -3.31. The van der Waals surface area contributed by atoms with Crippen molar-refractivity contribution in [3.8, 4) is 0 Å². The van der Waals surface area contributed by atoms with Crippen LogP contribution in [0, 0.1) is 5.92 Å². The van der Waals surface area contributed by atoms with Crippen molar-refractivity contribution in [2.24, 2.45) is 11.7 Å². The normalized spacial score (nSPS) is 13.2. The van der Waals surface area contributed by atoms with Crippen molar-refractivity contribution in [3.63, 3.8) is 0 Å². The first-order valence-electron chi connectivity index (χ1n) is 6.56. The molecule has 1 atom stereocenters. The molecule has 0 aliphatic heterocycles. The molecule has 1 aromatic rings. The molecule has 5 nitrogen and oxygen atoms in total. The van der Waals surface area contributed by atoms with Crippen LogP contribution < -0.4 is 11.1 Å². The molecule has 0 saturated heterocycles. The molecule has 1 rings (SSSR count). The maximum absolute atomic E-state index is 12.2. The highest BCUT2D eigenvalue weighted by Crippen LogP contribution is 2.13. The molecule has 0 bridgehead atoms. The fourth-order valence-corrected chi connectivity index (χ4v) is 2.54. The molecule has 1 unspecified atom stereocenters. The molecule has 0 aromatic heterocycles. The lowest BCUT2D eigenvalue weighted by Crippen LogP contribution is -2.39. The van der Waals surface area contributed by atoms with Gasteiger partial charge in [0.15, 0.2) is 9.84 Å². The Labute approximate surface area is 120 Å². The van der Waals surface area contributed by atoms with Crippen molar-refractivity contribution in [2.75, 3.05) is 12.8 Å². The van der Waals surface area contributed by atoms with Gasteiger partial charge < -0.3 is 11.1 Å². The van der Waals surface area contributed by atoms with Gasteiger partial charge in [-0.3, -0.25) is 4.79 Å². The van der Waals surface area contributed by atoms with E-state index in [1.54, 1.807) is 12.1 Å². The minimum Gasteiger partial charge on any atom is -0.349 e. The Bertz CT molecular complexity index is 568. The molecule has 20 heavy (non-hydrogen) atoms. The largest absolute Gasteiger partial charge is 0.349 e. The van der Waals surface area contributed by atoms with Crippen molar-refractivity contribution >= 4 is 15.7 Å². The molecular weight excluding hydrogens is 276 g/mol. The van der Waals surface area contributed by atoms with Crippen LogP contribution in [0.15, 0.2) is 29.2 Å². The zero-order chi connectivity index (χ0) is 15.3. The molecule has 0 aliphatic carbocycles. The summed E-state index contributed by atoms with van der Waals surface area (Å²) < 4.78 is 23.0. The number of hydrogen-bond donors (Lipinski definition) is 2. The van der Waals surface area contributed by atoms with E-state index in [-0.39, 0.29) is 22.8 Å². The first kappa shape index (κ1) is 16.7. The van der Waals surface area contributed by atoms with E-state index < -0.39 is 9.84 Å². The van der Waals surface area contributed by atoms with E-state index in [1.165, 1.54) is 12.1 Å². The number of carbonyl (C=O) groups excluding carboxylic acids is 1. The maximum atomic E-state index is 12.2. The van der Waals surface area contributed by atoms with Gasteiger partial charge >= 0.3 is 0 Å². The number of sulfone groups is 1. The lowest BCUT2D eigenvalue weighted by molar-refractivity contribution is 0.0924. The zero-order valence-electron chi connectivity index (χ0n) is 12.1. The van der Waals surface area contributed by atoms with Gasteiger partial charge in [0.2, 0.25) is 0 Å². The smallest absolute Gasteiger partial charge is 0.251 e. The second kappa shape index (κ2) is 6.85. The number of hydrogen-bond acceptors (Lipinski definition) is 4. The number of nitrogens with two attached hydrogens (primary N) is 1. The van der Waals surface area contributed by atoms with Gasteiger partial charge in [-0.15, -0.1) is 0 Å². The summed E-state index contributed by atoms with van der Waals surface area (Å²) in [5, 5.41) is 2.90. The molecule has 0 spiro atoms. The van der Waals surface area contributed by atoms with Crippen LogP contribution in [-0.2, 0) is 9.84 Å². The van der Waals surface area contributed by atoms with Gasteiger partial charge in [-0.2, -0.15) is 0 Å². The molecule has 0 fully saturated rings. The molecule has 0 aliphatic rings. The van der Waals surface area contributed by atoms with Crippen molar-refractivity contribution in [1.29, 1.82) is 0 Å². The minimum absolute atomic E-state index is 0.0191.